The summed E-state index contributed by atoms with van der Waals surface area (Å²) in [5, 5.41) is 9.15. The highest BCUT2D eigenvalue weighted by Gasteiger charge is 2.37. The summed E-state index contributed by atoms with van der Waals surface area (Å²) < 4.78 is 0. The highest BCUT2D eigenvalue weighted by Crippen LogP contribution is 2.32. The first-order chi connectivity index (χ1) is 8.40. The Hall–Kier alpha value is -1.85. The lowest BCUT2D eigenvalue weighted by Crippen LogP contribution is -2.43. The maximum atomic E-state index is 11.4. The van der Waals surface area contributed by atoms with Crippen LogP contribution in [0.15, 0.2) is 10.9 Å². The van der Waals surface area contributed by atoms with Crippen molar-refractivity contribution in [3.8, 4) is 0 Å². The van der Waals surface area contributed by atoms with Crippen LogP contribution < -0.4 is 10.5 Å². The molecule has 0 saturated carbocycles. The Morgan fingerprint density at radius 1 is 1.50 bits per heavy atom. The van der Waals surface area contributed by atoms with E-state index in [1.165, 1.54) is 6.07 Å². The molecule has 2 rings (SSSR count). The van der Waals surface area contributed by atoms with E-state index in [-0.39, 0.29) is 5.56 Å². The van der Waals surface area contributed by atoms with Crippen LogP contribution in [0.1, 0.15) is 25.6 Å². The molecule has 1 fully saturated rings. The van der Waals surface area contributed by atoms with Crippen LogP contribution in [0.25, 0.3) is 0 Å². The van der Waals surface area contributed by atoms with E-state index in [1.54, 1.807) is 13.8 Å². The molecular formula is C12H17N3O3. The highest BCUT2D eigenvalue weighted by molar-refractivity contribution is 5.74. The molecule has 0 spiro atoms. The lowest BCUT2D eigenvalue weighted by molar-refractivity contribution is -0.149. The van der Waals surface area contributed by atoms with E-state index in [0.29, 0.717) is 37.6 Å². The van der Waals surface area contributed by atoms with E-state index in [1.807, 2.05) is 4.90 Å². The molecule has 0 atom stereocenters. The van der Waals surface area contributed by atoms with Crippen LogP contribution in [0.3, 0.4) is 0 Å². The van der Waals surface area contributed by atoms with Gasteiger partial charge in [0.15, 0.2) is 0 Å². The number of carbonyl (C=O) groups is 1. The Labute approximate surface area is 105 Å². The quantitative estimate of drug-likeness (QED) is 0.810. The third-order valence-corrected chi connectivity index (χ3v) is 3.55. The standard InChI is InChI=1S/C12H17N3O3/c1-8-13-9(7-10(16)14-8)15-5-3-12(2,4-6-15)11(17)18/h7H,3-6H2,1-2H3,(H,17,18)(H,13,14,16). The number of hydrogen-bond acceptors (Lipinski definition) is 4. The van der Waals surface area contributed by atoms with Gasteiger partial charge >= 0.3 is 5.97 Å². The lowest BCUT2D eigenvalue weighted by atomic mass is 9.80. The van der Waals surface area contributed by atoms with Crippen molar-refractivity contribution >= 4 is 11.8 Å². The summed E-state index contributed by atoms with van der Waals surface area (Å²) in [7, 11) is 0. The van der Waals surface area contributed by atoms with Gasteiger partial charge in [-0.3, -0.25) is 9.59 Å². The van der Waals surface area contributed by atoms with Crippen LogP contribution in [0.4, 0.5) is 5.82 Å². The Morgan fingerprint density at radius 3 is 2.61 bits per heavy atom. The molecule has 2 N–H and O–H groups in total. The number of nitrogens with zero attached hydrogens (tertiary/aromatic N) is 2. The van der Waals surface area contributed by atoms with Crippen molar-refractivity contribution in [2.45, 2.75) is 26.7 Å². The molecule has 0 radical (unpaired) electrons. The minimum absolute atomic E-state index is 0.177. The molecule has 1 aromatic heterocycles. The number of aromatic amines is 1. The SMILES string of the molecule is Cc1nc(N2CCC(C)(C(=O)O)CC2)cc(=O)[nH]1. The summed E-state index contributed by atoms with van der Waals surface area (Å²) in [6.07, 6.45) is 1.13. The molecule has 0 aliphatic carbocycles. The second kappa shape index (κ2) is 4.44. The van der Waals surface area contributed by atoms with Crippen LogP contribution in [0.2, 0.25) is 0 Å². The molecule has 6 nitrogen and oxygen atoms in total. The van der Waals surface area contributed by atoms with Crippen molar-refractivity contribution in [3.05, 3.63) is 22.2 Å². The number of rotatable bonds is 2. The zero-order chi connectivity index (χ0) is 13.3. The van der Waals surface area contributed by atoms with E-state index < -0.39 is 11.4 Å². The van der Waals surface area contributed by atoms with Gasteiger partial charge in [0.1, 0.15) is 11.6 Å². The summed E-state index contributed by atoms with van der Waals surface area (Å²) in [6, 6.07) is 1.45. The molecule has 18 heavy (non-hydrogen) atoms. The average Bonchev–Trinajstić information content (AvgIpc) is 2.28. The van der Waals surface area contributed by atoms with Crippen LogP contribution in [-0.2, 0) is 4.79 Å². The van der Waals surface area contributed by atoms with Crippen LogP contribution >= 0.6 is 0 Å². The van der Waals surface area contributed by atoms with Gasteiger partial charge in [0, 0.05) is 19.2 Å². The van der Waals surface area contributed by atoms with Crippen molar-refractivity contribution in [2.24, 2.45) is 5.41 Å². The number of aromatic nitrogens is 2. The normalized spacial score (nSPS) is 18.7. The highest BCUT2D eigenvalue weighted by atomic mass is 16.4. The van der Waals surface area contributed by atoms with E-state index in [9.17, 15) is 9.59 Å². The molecule has 0 unspecified atom stereocenters. The summed E-state index contributed by atoms with van der Waals surface area (Å²) >= 11 is 0. The van der Waals surface area contributed by atoms with Crippen molar-refractivity contribution in [1.29, 1.82) is 0 Å². The van der Waals surface area contributed by atoms with Gasteiger partial charge in [0.2, 0.25) is 0 Å². The maximum Gasteiger partial charge on any atom is 0.309 e. The summed E-state index contributed by atoms with van der Waals surface area (Å²) in [4.78, 5) is 31.3. The number of carboxylic acids is 1. The Morgan fingerprint density at radius 2 is 2.11 bits per heavy atom. The summed E-state index contributed by atoms with van der Waals surface area (Å²) in [5.74, 6) is 0.449. The van der Waals surface area contributed by atoms with E-state index in [4.69, 9.17) is 5.11 Å². The molecular weight excluding hydrogens is 234 g/mol. The first kappa shape index (κ1) is 12.6. The molecule has 1 aliphatic rings. The number of carboxylic acid groups (broad SMARTS) is 1. The van der Waals surface area contributed by atoms with Gasteiger partial charge < -0.3 is 15.0 Å². The second-order valence-electron chi connectivity index (χ2n) is 5.04. The molecule has 98 valence electrons. The maximum absolute atomic E-state index is 11.4. The van der Waals surface area contributed by atoms with Gasteiger partial charge in [0.25, 0.3) is 5.56 Å². The van der Waals surface area contributed by atoms with Gasteiger partial charge in [-0.2, -0.15) is 0 Å². The lowest BCUT2D eigenvalue weighted by Gasteiger charge is -2.37. The van der Waals surface area contributed by atoms with E-state index in [0.717, 1.165) is 0 Å². The fourth-order valence-electron chi connectivity index (χ4n) is 2.17. The van der Waals surface area contributed by atoms with Gasteiger partial charge in [0.05, 0.1) is 5.41 Å². The average molecular weight is 251 g/mol. The molecule has 6 heteroatoms. The van der Waals surface area contributed by atoms with Crippen molar-refractivity contribution < 1.29 is 9.90 Å². The van der Waals surface area contributed by atoms with Crippen LogP contribution in [-0.4, -0.2) is 34.1 Å². The molecule has 0 amide bonds. The summed E-state index contributed by atoms with van der Waals surface area (Å²) in [6.45, 7) is 4.72. The largest absolute Gasteiger partial charge is 0.481 e. The molecule has 0 aromatic carbocycles. The molecule has 0 bridgehead atoms. The predicted octanol–water partition coefficient (Wildman–Crippen LogP) is 0.769. The zero-order valence-corrected chi connectivity index (χ0v) is 10.6. The minimum atomic E-state index is -0.753. The molecule has 1 aliphatic heterocycles. The number of H-pyrrole nitrogens is 1. The Bertz CT molecular complexity index is 516. The first-order valence-electron chi connectivity index (χ1n) is 5.97. The van der Waals surface area contributed by atoms with E-state index in [2.05, 4.69) is 9.97 Å². The first-order valence-corrected chi connectivity index (χ1v) is 5.97. The number of nitrogens with one attached hydrogen (secondary N) is 1. The predicted molar refractivity (Wildman–Crippen MR) is 66.8 cm³/mol. The van der Waals surface area contributed by atoms with Crippen molar-refractivity contribution in [1.82, 2.24) is 9.97 Å². The van der Waals surface area contributed by atoms with Gasteiger partial charge in [-0.15, -0.1) is 0 Å². The van der Waals surface area contributed by atoms with Crippen LogP contribution in [0, 0.1) is 12.3 Å². The van der Waals surface area contributed by atoms with Gasteiger partial charge in [-0.25, -0.2) is 4.98 Å². The van der Waals surface area contributed by atoms with Gasteiger partial charge in [-0.05, 0) is 26.7 Å². The monoisotopic (exact) mass is 251 g/mol. The third kappa shape index (κ3) is 2.37. The second-order valence-corrected chi connectivity index (χ2v) is 5.04. The Kier molecular flexibility index (Phi) is 3.11. The minimum Gasteiger partial charge on any atom is -0.481 e. The van der Waals surface area contributed by atoms with Crippen LogP contribution in [0.5, 0.6) is 0 Å². The number of aryl methyl sites for hydroxylation is 1. The topological polar surface area (TPSA) is 86.3 Å². The fourth-order valence-corrected chi connectivity index (χ4v) is 2.17. The molecule has 1 aromatic rings. The third-order valence-electron chi connectivity index (χ3n) is 3.55. The number of hydrogen-bond donors (Lipinski definition) is 2. The Balaban J connectivity index is 2.14. The molecule has 1 saturated heterocycles. The number of piperidine rings is 1. The van der Waals surface area contributed by atoms with Crippen molar-refractivity contribution in [3.63, 3.8) is 0 Å². The summed E-state index contributed by atoms with van der Waals surface area (Å²) in [5.41, 5.74) is -0.837. The van der Waals surface area contributed by atoms with E-state index >= 15 is 0 Å². The smallest absolute Gasteiger partial charge is 0.309 e. The molecule has 2 heterocycles. The number of anilines is 1. The van der Waals surface area contributed by atoms with Crippen molar-refractivity contribution in [2.75, 3.05) is 18.0 Å². The zero-order valence-electron chi connectivity index (χ0n) is 10.6. The fraction of sp³-hybridized carbons (Fsp3) is 0.583. The number of aliphatic carboxylic acids is 1. The van der Waals surface area contributed by atoms with Gasteiger partial charge in [-0.1, -0.05) is 0 Å².